The minimum absolute atomic E-state index is 0.0356. The smallest absolute Gasteiger partial charge is 0.237 e. The quantitative estimate of drug-likeness (QED) is 0.732. The molecule has 0 spiro atoms. The molecule has 3 N–H and O–H groups in total. The molecular formula is C13H27N3O. The van der Waals surface area contributed by atoms with Gasteiger partial charge in [-0.1, -0.05) is 26.7 Å². The van der Waals surface area contributed by atoms with Gasteiger partial charge in [-0.2, -0.15) is 0 Å². The SMILES string of the molecule is CCCC[C@H](N)C(=O)NC1CCN(CC)CC1. The van der Waals surface area contributed by atoms with Crippen LogP contribution in [0.1, 0.15) is 46.0 Å². The molecule has 17 heavy (non-hydrogen) atoms. The highest BCUT2D eigenvalue weighted by Gasteiger charge is 2.21. The number of piperidine rings is 1. The van der Waals surface area contributed by atoms with E-state index in [0.29, 0.717) is 6.04 Å². The number of nitrogens with two attached hydrogens (primary N) is 1. The first kappa shape index (κ1) is 14.5. The monoisotopic (exact) mass is 241 g/mol. The summed E-state index contributed by atoms with van der Waals surface area (Å²) in [6.07, 6.45) is 5.04. The summed E-state index contributed by atoms with van der Waals surface area (Å²) in [4.78, 5) is 14.2. The summed E-state index contributed by atoms with van der Waals surface area (Å²) in [6, 6.07) is 0.0112. The molecule has 100 valence electrons. The molecule has 0 aromatic heterocycles. The molecular weight excluding hydrogens is 214 g/mol. The topological polar surface area (TPSA) is 58.4 Å². The summed E-state index contributed by atoms with van der Waals surface area (Å²) in [7, 11) is 0. The Morgan fingerprint density at radius 1 is 1.41 bits per heavy atom. The van der Waals surface area contributed by atoms with Crippen molar-refractivity contribution >= 4 is 5.91 Å². The van der Waals surface area contributed by atoms with Gasteiger partial charge < -0.3 is 16.0 Å². The maximum Gasteiger partial charge on any atom is 0.237 e. The van der Waals surface area contributed by atoms with Gasteiger partial charge in [0, 0.05) is 19.1 Å². The predicted molar refractivity (Wildman–Crippen MR) is 70.8 cm³/mol. The van der Waals surface area contributed by atoms with Crippen LogP contribution in [0, 0.1) is 0 Å². The number of carbonyl (C=O) groups is 1. The van der Waals surface area contributed by atoms with Crippen molar-refractivity contribution in [3.63, 3.8) is 0 Å². The first-order valence-corrected chi connectivity index (χ1v) is 6.95. The Hall–Kier alpha value is -0.610. The van der Waals surface area contributed by atoms with Crippen LogP contribution in [0.5, 0.6) is 0 Å². The predicted octanol–water partition coefficient (Wildman–Crippen LogP) is 1.10. The lowest BCUT2D eigenvalue weighted by Gasteiger charge is -2.32. The molecule has 1 aliphatic rings. The molecule has 4 heteroatoms. The van der Waals surface area contributed by atoms with Crippen molar-refractivity contribution in [2.24, 2.45) is 5.73 Å². The zero-order valence-electron chi connectivity index (χ0n) is 11.2. The van der Waals surface area contributed by atoms with Crippen molar-refractivity contribution < 1.29 is 4.79 Å². The van der Waals surface area contributed by atoms with E-state index in [-0.39, 0.29) is 11.9 Å². The lowest BCUT2D eigenvalue weighted by Crippen LogP contribution is -2.49. The molecule has 4 nitrogen and oxygen atoms in total. The summed E-state index contributed by atoms with van der Waals surface area (Å²) < 4.78 is 0. The molecule has 1 saturated heterocycles. The molecule has 0 bridgehead atoms. The highest BCUT2D eigenvalue weighted by molar-refractivity contribution is 5.81. The molecule has 0 radical (unpaired) electrons. The Morgan fingerprint density at radius 3 is 2.59 bits per heavy atom. The first-order chi connectivity index (χ1) is 8.17. The number of nitrogens with one attached hydrogen (secondary N) is 1. The summed E-state index contributed by atoms with van der Waals surface area (Å²) in [5.41, 5.74) is 5.85. The Morgan fingerprint density at radius 2 is 2.06 bits per heavy atom. The molecule has 1 aliphatic heterocycles. The number of hydrogen-bond acceptors (Lipinski definition) is 3. The fourth-order valence-electron chi connectivity index (χ4n) is 2.26. The Balaban J connectivity index is 2.22. The molecule has 0 aliphatic carbocycles. The van der Waals surface area contributed by atoms with Crippen molar-refractivity contribution in [3.8, 4) is 0 Å². The average Bonchev–Trinajstić information content (AvgIpc) is 2.36. The molecule has 1 atom stereocenters. The van der Waals surface area contributed by atoms with Crippen molar-refractivity contribution in [3.05, 3.63) is 0 Å². The minimum atomic E-state index is -0.320. The van der Waals surface area contributed by atoms with Crippen LogP contribution in [0.4, 0.5) is 0 Å². The number of amides is 1. The van der Waals surface area contributed by atoms with Crippen LogP contribution in [0.2, 0.25) is 0 Å². The molecule has 0 aromatic rings. The normalized spacial score (nSPS) is 20.2. The van der Waals surface area contributed by atoms with Gasteiger partial charge in [0.15, 0.2) is 0 Å². The first-order valence-electron chi connectivity index (χ1n) is 6.95. The van der Waals surface area contributed by atoms with Gasteiger partial charge in [0.1, 0.15) is 0 Å². The molecule has 0 saturated carbocycles. The van der Waals surface area contributed by atoms with E-state index in [1.165, 1.54) is 0 Å². The van der Waals surface area contributed by atoms with E-state index in [0.717, 1.165) is 51.7 Å². The van der Waals surface area contributed by atoms with E-state index in [1.807, 2.05) is 0 Å². The van der Waals surface area contributed by atoms with E-state index in [2.05, 4.69) is 24.1 Å². The largest absolute Gasteiger partial charge is 0.352 e. The van der Waals surface area contributed by atoms with Crippen LogP contribution in [0.25, 0.3) is 0 Å². The van der Waals surface area contributed by atoms with Gasteiger partial charge >= 0.3 is 0 Å². The van der Waals surface area contributed by atoms with Gasteiger partial charge in [0.05, 0.1) is 6.04 Å². The van der Waals surface area contributed by atoms with Crippen LogP contribution in [0.15, 0.2) is 0 Å². The van der Waals surface area contributed by atoms with Crippen molar-refractivity contribution in [1.29, 1.82) is 0 Å². The zero-order valence-corrected chi connectivity index (χ0v) is 11.2. The Kier molecular flexibility index (Phi) is 6.52. The van der Waals surface area contributed by atoms with Gasteiger partial charge in [-0.3, -0.25) is 4.79 Å². The number of likely N-dealkylation sites (tertiary alicyclic amines) is 1. The summed E-state index contributed by atoms with van der Waals surface area (Å²) in [6.45, 7) is 7.58. The third-order valence-corrected chi connectivity index (χ3v) is 3.59. The molecule has 0 unspecified atom stereocenters. The number of unbranched alkanes of at least 4 members (excludes halogenated alkanes) is 1. The molecule has 1 fully saturated rings. The molecule has 1 rings (SSSR count). The van der Waals surface area contributed by atoms with Gasteiger partial charge in [-0.25, -0.2) is 0 Å². The Bertz CT molecular complexity index is 225. The van der Waals surface area contributed by atoms with Crippen LogP contribution >= 0.6 is 0 Å². The van der Waals surface area contributed by atoms with Crippen LogP contribution < -0.4 is 11.1 Å². The molecule has 1 amide bonds. The number of nitrogens with zero attached hydrogens (tertiary/aromatic N) is 1. The summed E-state index contributed by atoms with van der Waals surface area (Å²) >= 11 is 0. The second-order valence-corrected chi connectivity index (χ2v) is 4.97. The lowest BCUT2D eigenvalue weighted by molar-refractivity contribution is -0.123. The van der Waals surface area contributed by atoms with E-state index in [9.17, 15) is 4.79 Å². The maximum atomic E-state index is 11.8. The standard InChI is InChI=1S/C13H27N3O/c1-3-5-6-12(14)13(17)15-11-7-9-16(4-2)10-8-11/h11-12H,3-10,14H2,1-2H3,(H,15,17)/t12-/m0/s1. The van der Waals surface area contributed by atoms with Crippen molar-refractivity contribution in [2.75, 3.05) is 19.6 Å². The minimum Gasteiger partial charge on any atom is -0.352 e. The van der Waals surface area contributed by atoms with Gasteiger partial charge in [-0.05, 0) is 25.8 Å². The lowest BCUT2D eigenvalue weighted by atomic mass is 10.0. The average molecular weight is 241 g/mol. The summed E-state index contributed by atoms with van der Waals surface area (Å²) in [5.74, 6) is 0.0356. The third-order valence-electron chi connectivity index (χ3n) is 3.59. The van der Waals surface area contributed by atoms with Crippen LogP contribution in [-0.4, -0.2) is 42.5 Å². The van der Waals surface area contributed by atoms with Gasteiger partial charge in [-0.15, -0.1) is 0 Å². The van der Waals surface area contributed by atoms with E-state index in [1.54, 1.807) is 0 Å². The summed E-state index contributed by atoms with van der Waals surface area (Å²) in [5, 5.41) is 3.08. The molecule has 0 aromatic carbocycles. The van der Waals surface area contributed by atoms with Gasteiger partial charge in [0.2, 0.25) is 5.91 Å². The Labute approximate surface area is 105 Å². The number of rotatable bonds is 6. The van der Waals surface area contributed by atoms with Gasteiger partial charge in [0.25, 0.3) is 0 Å². The second-order valence-electron chi connectivity index (χ2n) is 4.97. The number of carbonyl (C=O) groups excluding carboxylic acids is 1. The second kappa shape index (κ2) is 7.67. The molecule has 1 heterocycles. The van der Waals surface area contributed by atoms with E-state index < -0.39 is 0 Å². The fourth-order valence-corrected chi connectivity index (χ4v) is 2.26. The maximum absolute atomic E-state index is 11.8. The number of hydrogen-bond donors (Lipinski definition) is 2. The zero-order chi connectivity index (χ0) is 12.7. The highest BCUT2D eigenvalue weighted by Crippen LogP contribution is 2.10. The van der Waals surface area contributed by atoms with Crippen LogP contribution in [-0.2, 0) is 4.79 Å². The van der Waals surface area contributed by atoms with Crippen molar-refractivity contribution in [2.45, 2.75) is 58.0 Å². The van der Waals surface area contributed by atoms with Crippen LogP contribution in [0.3, 0.4) is 0 Å². The van der Waals surface area contributed by atoms with E-state index in [4.69, 9.17) is 5.73 Å². The third kappa shape index (κ3) is 5.04. The van der Waals surface area contributed by atoms with Crippen molar-refractivity contribution in [1.82, 2.24) is 10.2 Å². The van der Waals surface area contributed by atoms with E-state index >= 15 is 0 Å². The fraction of sp³-hybridized carbons (Fsp3) is 0.923. The highest BCUT2D eigenvalue weighted by atomic mass is 16.2.